The Morgan fingerprint density at radius 1 is 0.882 bits per heavy atom. The van der Waals surface area contributed by atoms with Crippen LogP contribution in [0.25, 0.3) is 0 Å². The number of carbonyl (C=O) groups is 2. The number of fused-ring (bicyclic) bond motifs is 1. The second-order valence-electron chi connectivity index (χ2n) is 9.34. The summed E-state index contributed by atoms with van der Waals surface area (Å²) in [7, 11) is 0. The van der Waals surface area contributed by atoms with Crippen molar-refractivity contribution in [2.24, 2.45) is 0 Å². The summed E-state index contributed by atoms with van der Waals surface area (Å²) in [5.74, 6) is 1.65. The van der Waals surface area contributed by atoms with Crippen molar-refractivity contribution in [3.63, 3.8) is 0 Å². The molecule has 5 rings (SSSR count). The number of nitrogens with one attached hydrogen (secondary N) is 2. The lowest BCUT2D eigenvalue weighted by molar-refractivity contribution is -0.139. The van der Waals surface area contributed by atoms with Crippen LogP contribution < -0.4 is 20.1 Å². The minimum atomic E-state index is -0.791. The standard InChI is InChI=1S/C26H32N4O4/c31-24(26(10-4-5-11-26)28-25(32)27-17-20-6-2-1-3-7-20)30-14-12-29(13-15-30)18-21-8-9-22-23(16-21)34-19-33-22/h1-3,6-9,16H,4-5,10-15,17-19H2,(H2,27,28,32). The first-order valence-corrected chi connectivity index (χ1v) is 12.1. The quantitative estimate of drug-likeness (QED) is 0.687. The second-order valence-corrected chi connectivity index (χ2v) is 9.34. The molecule has 2 N–H and O–H groups in total. The lowest BCUT2D eigenvalue weighted by atomic mass is 9.95. The molecule has 0 atom stereocenters. The average molecular weight is 465 g/mol. The molecule has 34 heavy (non-hydrogen) atoms. The Kier molecular flexibility index (Phi) is 6.58. The van der Waals surface area contributed by atoms with Gasteiger partial charge in [-0.2, -0.15) is 0 Å². The Hall–Kier alpha value is -3.26. The van der Waals surface area contributed by atoms with Crippen molar-refractivity contribution >= 4 is 11.9 Å². The Balaban J connectivity index is 1.14. The molecule has 2 aliphatic heterocycles. The van der Waals surface area contributed by atoms with E-state index in [4.69, 9.17) is 9.47 Å². The maximum Gasteiger partial charge on any atom is 0.315 e. The molecule has 8 nitrogen and oxygen atoms in total. The molecule has 3 aliphatic rings. The van der Waals surface area contributed by atoms with Gasteiger partial charge in [0.2, 0.25) is 12.7 Å². The van der Waals surface area contributed by atoms with Gasteiger partial charge >= 0.3 is 6.03 Å². The van der Waals surface area contributed by atoms with Crippen LogP contribution >= 0.6 is 0 Å². The number of ether oxygens (including phenoxy) is 2. The number of rotatable bonds is 6. The molecule has 1 saturated carbocycles. The largest absolute Gasteiger partial charge is 0.454 e. The number of hydrogen-bond donors (Lipinski definition) is 2. The van der Waals surface area contributed by atoms with Crippen molar-refractivity contribution in [3.8, 4) is 11.5 Å². The van der Waals surface area contributed by atoms with Gasteiger partial charge in [-0.3, -0.25) is 9.69 Å². The first kappa shape index (κ1) is 22.5. The molecule has 1 saturated heterocycles. The number of amides is 3. The number of hydrogen-bond acceptors (Lipinski definition) is 5. The maximum atomic E-state index is 13.6. The van der Waals surface area contributed by atoms with Crippen LogP contribution in [0.4, 0.5) is 4.79 Å². The third-order valence-corrected chi connectivity index (χ3v) is 7.02. The summed E-state index contributed by atoms with van der Waals surface area (Å²) in [5, 5.41) is 5.97. The normalized spacial score (nSPS) is 19.1. The van der Waals surface area contributed by atoms with E-state index >= 15 is 0 Å². The molecule has 3 amide bonds. The lowest BCUT2D eigenvalue weighted by Crippen LogP contribution is -2.62. The maximum absolute atomic E-state index is 13.6. The number of benzene rings is 2. The Bertz CT molecular complexity index is 1010. The van der Waals surface area contributed by atoms with Gasteiger partial charge < -0.3 is 25.0 Å². The predicted octanol–water partition coefficient (Wildman–Crippen LogP) is 2.87. The highest BCUT2D eigenvalue weighted by Gasteiger charge is 2.45. The molecule has 0 radical (unpaired) electrons. The Morgan fingerprint density at radius 2 is 1.62 bits per heavy atom. The zero-order valence-electron chi connectivity index (χ0n) is 19.4. The third-order valence-electron chi connectivity index (χ3n) is 7.02. The molecule has 0 aromatic heterocycles. The van der Waals surface area contributed by atoms with Crippen molar-refractivity contribution in [1.82, 2.24) is 20.4 Å². The van der Waals surface area contributed by atoms with Gasteiger partial charge in [0.25, 0.3) is 0 Å². The highest BCUT2D eigenvalue weighted by atomic mass is 16.7. The molecule has 0 spiro atoms. The van der Waals surface area contributed by atoms with Gasteiger partial charge in [-0.05, 0) is 36.1 Å². The summed E-state index contributed by atoms with van der Waals surface area (Å²) in [6.07, 6.45) is 3.30. The number of urea groups is 1. The molecule has 2 aromatic rings. The van der Waals surface area contributed by atoms with Crippen LogP contribution in [0.1, 0.15) is 36.8 Å². The number of nitrogens with zero attached hydrogens (tertiary/aromatic N) is 2. The SMILES string of the molecule is O=C(NCc1ccccc1)NC1(C(=O)N2CCN(Cc3ccc4c(c3)OCO4)CC2)CCCC1. The van der Waals surface area contributed by atoms with E-state index in [1.54, 1.807) is 0 Å². The molecule has 0 unspecified atom stereocenters. The Labute approximate surface area is 200 Å². The van der Waals surface area contributed by atoms with Crippen molar-refractivity contribution < 1.29 is 19.1 Å². The van der Waals surface area contributed by atoms with E-state index in [-0.39, 0.29) is 18.7 Å². The topological polar surface area (TPSA) is 83.1 Å². The van der Waals surface area contributed by atoms with E-state index in [1.807, 2.05) is 47.4 Å². The van der Waals surface area contributed by atoms with Crippen molar-refractivity contribution in [1.29, 1.82) is 0 Å². The fourth-order valence-corrected chi connectivity index (χ4v) is 5.12. The van der Waals surface area contributed by atoms with Gasteiger partial charge in [0.1, 0.15) is 5.54 Å². The van der Waals surface area contributed by atoms with E-state index in [0.717, 1.165) is 49.5 Å². The van der Waals surface area contributed by atoms with Crippen LogP contribution in [-0.2, 0) is 17.9 Å². The van der Waals surface area contributed by atoms with Crippen LogP contribution in [0.5, 0.6) is 11.5 Å². The summed E-state index contributed by atoms with van der Waals surface area (Å²) in [6.45, 7) is 4.46. The highest BCUT2D eigenvalue weighted by molar-refractivity contribution is 5.91. The molecule has 8 heteroatoms. The van der Waals surface area contributed by atoms with E-state index in [0.29, 0.717) is 32.5 Å². The predicted molar refractivity (Wildman–Crippen MR) is 127 cm³/mol. The zero-order valence-corrected chi connectivity index (χ0v) is 19.4. The molecular weight excluding hydrogens is 432 g/mol. The number of carbonyl (C=O) groups excluding carboxylic acids is 2. The molecule has 2 heterocycles. The molecule has 180 valence electrons. The third kappa shape index (κ3) is 4.97. The van der Waals surface area contributed by atoms with Gasteiger partial charge in [-0.15, -0.1) is 0 Å². The smallest absolute Gasteiger partial charge is 0.315 e. The fourth-order valence-electron chi connectivity index (χ4n) is 5.12. The van der Waals surface area contributed by atoms with E-state index in [1.165, 1.54) is 5.56 Å². The summed E-state index contributed by atoms with van der Waals surface area (Å²) in [6, 6.07) is 15.6. The van der Waals surface area contributed by atoms with E-state index < -0.39 is 5.54 Å². The van der Waals surface area contributed by atoms with Crippen LogP contribution in [0.15, 0.2) is 48.5 Å². The van der Waals surface area contributed by atoms with Crippen molar-refractivity contribution in [2.45, 2.75) is 44.3 Å². The van der Waals surface area contributed by atoms with Crippen molar-refractivity contribution in [3.05, 3.63) is 59.7 Å². The zero-order chi connectivity index (χ0) is 23.4. The molecule has 0 bridgehead atoms. The minimum Gasteiger partial charge on any atom is -0.454 e. The van der Waals surface area contributed by atoms with Crippen molar-refractivity contribution in [2.75, 3.05) is 33.0 Å². The van der Waals surface area contributed by atoms with Gasteiger partial charge in [-0.25, -0.2) is 4.79 Å². The second kappa shape index (κ2) is 9.93. The van der Waals surface area contributed by atoms with Gasteiger partial charge in [0.15, 0.2) is 11.5 Å². The first-order chi connectivity index (χ1) is 16.6. The molecular formula is C26H32N4O4. The lowest BCUT2D eigenvalue weighted by Gasteiger charge is -2.40. The molecule has 2 fully saturated rings. The summed E-state index contributed by atoms with van der Waals surface area (Å²) in [5.41, 5.74) is 1.41. The monoisotopic (exact) mass is 464 g/mol. The highest BCUT2D eigenvalue weighted by Crippen LogP contribution is 2.34. The van der Waals surface area contributed by atoms with Crippen LogP contribution in [0, 0.1) is 0 Å². The molecule has 1 aliphatic carbocycles. The first-order valence-electron chi connectivity index (χ1n) is 12.1. The number of piperazine rings is 1. The summed E-state index contributed by atoms with van der Waals surface area (Å²) >= 11 is 0. The molecule has 2 aromatic carbocycles. The van der Waals surface area contributed by atoms with Gasteiger partial charge in [-0.1, -0.05) is 49.2 Å². The van der Waals surface area contributed by atoms with Crippen LogP contribution in [-0.4, -0.2) is 60.2 Å². The van der Waals surface area contributed by atoms with E-state index in [2.05, 4.69) is 21.6 Å². The summed E-state index contributed by atoms with van der Waals surface area (Å²) in [4.78, 5) is 30.5. The van der Waals surface area contributed by atoms with E-state index in [9.17, 15) is 9.59 Å². The Morgan fingerprint density at radius 3 is 2.38 bits per heavy atom. The summed E-state index contributed by atoms with van der Waals surface area (Å²) < 4.78 is 10.9. The fraction of sp³-hybridized carbons (Fsp3) is 0.462. The average Bonchev–Trinajstić information content (AvgIpc) is 3.53. The van der Waals surface area contributed by atoms with Gasteiger partial charge in [0.05, 0.1) is 0 Å². The minimum absolute atomic E-state index is 0.0580. The van der Waals surface area contributed by atoms with Gasteiger partial charge in [0, 0.05) is 39.3 Å². The van der Waals surface area contributed by atoms with Crippen LogP contribution in [0.2, 0.25) is 0 Å². The van der Waals surface area contributed by atoms with Crippen LogP contribution in [0.3, 0.4) is 0 Å².